The molecule has 8 heteroatoms. The van der Waals surface area contributed by atoms with Crippen LogP contribution in [-0.4, -0.2) is 19.2 Å². The van der Waals surface area contributed by atoms with Gasteiger partial charge in [-0.15, -0.1) is 0 Å². The molecule has 5 nitrogen and oxygen atoms in total. The summed E-state index contributed by atoms with van der Waals surface area (Å²) < 4.78 is 23.7. The summed E-state index contributed by atoms with van der Waals surface area (Å²) in [7, 11) is -0.778. The summed E-state index contributed by atoms with van der Waals surface area (Å²) in [6.45, 7) is 0. The number of aromatic nitrogens is 1. The normalized spacial score (nSPS) is 13.1. The third-order valence-electron chi connectivity index (χ3n) is 3.91. The van der Waals surface area contributed by atoms with E-state index < -0.39 is 13.4 Å². The first kappa shape index (κ1) is 18.3. The molecule has 0 aliphatic heterocycles. The molecular weight excluding hydrogens is 382 g/mol. The molecule has 0 amide bonds. The monoisotopic (exact) mass is 398 g/mol. The van der Waals surface area contributed by atoms with Crippen LogP contribution in [0.5, 0.6) is 0 Å². The molecule has 3 rings (SSSR count). The molecule has 0 unspecified atom stereocenters. The molecule has 0 spiro atoms. The molecule has 0 bridgehead atoms. The molecule has 0 aliphatic rings. The van der Waals surface area contributed by atoms with Crippen molar-refractivity contribution in [2.45, 2.75) is 5.78 Å². The zero-order chi connectivity index (χ0) is 18.0. The zero-order valence-electron chi connectivity index (χ0n) is 13.6. The molecule has 0 aliphatic carbocycles. The first-order valence-electron chi connectivity index (χ1n) is 7.46. The molecule has 0 radical (unpaired) electrons. The van der Waals surface area contributed by atoms with E-state index in [4.69, 9.17) is 32.2 Å². The quantitative estimate of drug-likeness (QED) is 0.494. The van der Waals surface area contributed by atoms with Crippen LogP contribution in [0.25, 0.3) is 10.9 Å². The predicted octanol–water partition coefficient (Wildman–Crippen LogP) is 6.07. The maximum Gasteiger partial charge on any atom is 0.356 e. The highest BCUT2D eigenvalue weighted by molar-refractivity contribution is 7.54. The number of H-pyrrole nitrogens is 1. The second-order valence-corrected chi connectivity index (χ2v) is 8.60. The smallest absolute Gasteiger partial charge is 0.356 e. The average Bonchev–Trinajstić information content (AvgIpc) is 3.02. The first-order chi connectivity index (χ1) is 12.0. The lowest BCUT2D eigenvalue weighted by atomic mass is 10.1. The van der Waals surface area contributed by atoms with Crippen LogP contribution in [0, 0.1) is 0 Å². The largest absolute Gasteiger partial charge is 0.368 e. The second-order valence-electron chi connectivity index (χ2n) is 5.40. The van der Waals surface area contributed by atoms with Crippen molar-refractivity contribution in [2.75, 3.05) is 19.5 Å². The predicted molar refractivity (Wildman–Crippen MR) is 103 cm³/mol. The summed E-state index contributed by atoms with van der Waals surface area (Å²) in [4.78, 5) is 3.17. The minimum atomic E-state index is -3.50. The Balaban J connectivity index is 2.11. The van der Waals surface area contributed by atoms with E-state index in [1.807, 2.05) is 24.3 Å². The van der Waals surface area contributed by atoms with E-state index in [9.17, 15) is 4.57 Å². The van der Waals surface area contributed by atoms with E-state index in [1.165, 1.54) is 14.2 Å². The number of anilines is 1. The molecule has 3 aromatic rings. The minimum absolute atomic E-state index is 0.470. The lowest BCUT2D eigenvalue weighted by Gasteiger charge is -2.26. The van der Waals surface area contributed by atoms with Gasteiger partial charge in [-0.05, 0) is 24.3 Å². The fraction of sp³-hybridized carbons (Fsp3) is 0.176. The lowest BCUT2D eigenvalue weighted by molar-refractivity contribution is 0.268. The molecule has 2 N–H and O–H groups in total. The van der Waals surface area contributed by atoms with Gasteiger partial charge in [-0.3, -0.25) is 4.57 Å². The van der Waals surface area contributed by atoms with Gasteiger partial charge in [-0.2, -0.15) is 0 Å². The minimum Gasteiger partial charge on any atom is -0.368 e. The second kappa shape index (κ2) is 7.40. The van der Waals surface area contributed by atoms with Crippen molar-refractivity contribution in [2.24, 2.45) is 0 Å². The van der Waals surface area contributed by atoms with Crippen molar-refractivity contribution in [3.63, 3.8) is 0 Å². The highest BCUT2D eigenvalue weighted by Crippen LogP contribution is 2.60. The molecule has 2 aromatic carbocycles. The Hall–Kier alpha value is -1.49. The van der Waals surface area contributed by atoms with Crippen LogP contribution in [0.15, 0.2) is 48.7 Å². The topological polar surface area (TPSA) is 63.4 Å². The van der Waals surface area contributed by atoms with Gasteiger partial charge in [0.15, 0.2) is 5.78 Å². The van der Waals surface area contributed by atoms with Gasteiger partial charge in [-0.1, -0.05) is 41.4 Å². The molecule has 25 heavy (non-hydrogen) atoms. The first-order valence-corrected chi connectivity index (χ1v) is 9.83. The Kier molecular flexibility index (Phi) is 5.42. The average molecular weight is 399 g/mol. The number of nitrogens with one attached hydrogen (secondary N) is 2. The number of halogens is 2. The molecule has 1 aromatic heterocycles. The fourth-order valence-corrected chi connectivity index (χ4v) is 4.69. The Bertz CT molecular complexity index is 916. The fourth-order valence-electron chi connectivity index (χ4n) is 2.73. The lowest BCUT2D eigenvalue weighted by Crippen LogP contribution is -2.13. The third kappa shape index (κ3) is 3.71. The molecule has 0 saturated carbocycles. The van der Waals surface area contributed by atoms with Gasteiger partial charge in [0.05, 0.1) is 0 Å². The third-order valence-corrected chi connectivity index (χ3v) is 6.40. The van der Waals surface area contributed by atoms with Gasteiger partial charge < -0.3 is 19.3 Å². The van der Waals surface area contributed by atoms with E-state index in [2.05, 4.69) is 10.3 Å². The van der Waals surface area contributed by atoms with Crippen molar-refractivity contribution in [1.82, 2.24) is 4.98 Å². The van der Waals surface area contributed by atoms with Gasteiger partial charge in [0.1, 0.15) is 0 Å². The molecule has 132 valence electrons. The highest BCUT2D eigenvalue weighted by Gasteiger charge is 2.37. The molecule has 0 saturated heterocycles. The summed E-state index contributed by atoms with van der Waals surface area (Å²) in [6.07, 6.45) is 1.79. The number of fused-ring (bicyclic) bond motifs is 1. The standard InChI is InChI=1S/C17H17Cl2N2O3P/c1-23-25(22,24-2)17(21-13-8-11(18)7-12(19)9-13)15-10-20-16-6-4-3-5-14(15)16/h3-10,17,20-21H,1-2H3/t17-/m0/s1. The Morgan fingerprint density at radius 2 is 1.72 bits per heavy atom. The van der Waals surface area contributed by atoms with Crippen LogP contribution in [0.1, 0.15) is 11.3 Å². The van der Waals surface area contributed by atoms with E-state index in [0.717, 1.165) is 16.5 Å². The summed E-state index contributed by atoms with van der Waals surface area (Å²) in [6, 6.07) is 12.7. The number of para-hydroxylation sites is 1. The maximum atomic E-state index is 13.2. The summed E-state index contributed by atoms with van der Waals surface area (Å²) in [5.74, 6) is -0.742. The highest BCUT2D eigenvalue weighted by atomic mass is 35.5. The van der Waals surface area contributed by atoms with E-state index in [1.54, 1.807) is 24.4 Å². The Labute approximate surface area is 155 Å². The van der Waals surface area contributed by atoms with Crippen LogP contribution in [0.2, 0.25) is 10.0 Å². The molecule has 1 atom stereocenters. The van der Waals surface area contributed by atoms with Gasteiger partial charge in [-0.25, -0.2) is 0 Å². The SMILES string of the molecule is COP(=O)(OC)[C@H](Nc1cc(Cl)cc(Cl)c1)c1c[nH]c2ccccc12. The van der Waals surface area contributed by atoms with E-state index in [0.29, 0.717) is 15.7 Å². The number of hydrogen-bond acceptors (Lipinski definition) is 4. The van der Waals surface area contributed by atoms with Gasteiger partial charge in [0.25, 0.3) is 0 Å². The molecule has 1 heterocycles. The van der Waals surface area contributed by atoms with Crippen molar-refractivity contribution < 1.29 is 13.6 Å². The maximum absolute atomic E-state index is 13.2. The van der Waals surface area contributed by atoms with Crippen molar-refractivity contribution in [1.29, 1.82) is 0 Å². The Morgan fingerprint density at radius 1 is 1.08 bits per heavy atom. The van der Waals surface area contributed by atoms with Gasteiger partial charge in [0, 0.05) is 52.6 Å². The number of benzene rings is 2. The van der Waals surface area contributed by atoms with Gasteiger partial charge in [0.2, 0.25) is 0 Å². The van der Waals surface area contributed by atoms with Gasteiger partial charge >= 0.3 is 7.60 Å². The van der Waals surface area contributed by atoms with Crippen LogP contribution in [0.4, 0.5) is 5.69 Å². The van der Waals surface area contributed by atoms with Crippen LogP contribution >= 0.6 is 30.8 Å². The van der Waals surface area contributed by atoms with Crippen LogP contribution in [-0.2, 0) is 13.6 Å². The van der Waals surface area contributed by atoms with Crippen molar-refractivity contribution in [3.05, 3.63) is 64.3 Å². The number of aromatic amines is 1. The summed E-state index contributed by atoms with van der Waals surface area (Å²) in [5.41, 5.74) is 2.30. The van der Waals surface area contributed by atoms with E-state index >= 15 is 0 Å². The molecular formula is C17H17Cl2N2O3P. The zero-order valence-corrected chi connectivity index (χ0v) is 16.0. The van der Waals surface area contributed by atoms with Crippen molar-refractivity contribution >= 4 is 47.4 Å². The number of rotatable bonds is 6. The Morgan fingerprint density at radius 3 is 2.36 bits per heavy atom. The van der Waals surface area contributed by atoms with Crippen LogP contribution < -0.4 is 5.32 Å². The van der Waals surface area contributed by atoms with E-state index in [-0.39, 0.29) is 0 Å². The molecule has 0 fully saturated rings. The van der Waals surface area contributed by atoms with Crippen molar-refractivity contribution in [3.8, 4) is 0 Å². The summed E-state index contributed by atoms with van der Waals surface area (Å²) in [5, 5.41) is 5.05. The van der Waals surface area contributed by atoms with Crippen LogP contribution in [0.3, 0.4) is 0 Å². The number of hydrogen-bond donors (Lipinski definition) is 2. The summed E-state index contributed by atoms with van der Waals surface area (Å²) >= 11 is 12.1.